The van der Waals surface area contributed by atoms with Crippen LogP contribution in [-0.4, -0.2) is 23.7 Å². The van der Waals surface area contributed by atoms with E-state index < -0.39 is 29.5 Å². The molecule has 0 aliphatic rings. The van der Waals surface area contributed by atoms with Gasteiger partial charge < -0.3 is 9.47 Å². The smallest absolute Gasteiger partial charge is 0.451 e. The van der Waals surface area contributed by atoms with E-state index in [1.165, 1.54) is 13.8 Å². The van der Waals surface area contributed by atoms with Gasteiger partial charge >= 0.3 is 12.3 Å². The van der Waals surface area contributed by atoms with Crippen molar-refractivity contribution in [3.05, 3.63) is 28.8 Å². The van der Waals surface area contributed by atoms with Gasteiger partial charge in [-0.1, -0.05) is 11.6 Å². The van der Waals surface area contributed by atoms with Crippen molar-refractivity contribution in [1.29, 1.82) is 0 Å². The number of ketones is 1. The number of alkyl halides is 3. The Labute approximate surface area is 123 Å². The Bertz CT molecular complexity index is 567. The van der Waals surface area contributed by atoms with E-state index in [0.717, 1.165) is 25.1 Å². The lowest BCUT2D eigenvalue weighted by molar-refractivity contribution is -0.274. The molecule has 0 bridgehead atoms. The molecule has 0 aromatic heterocycles. The van der Waals surface area contributed by atoms with Crippen LogP contribution in [0.2, 0.25) is 5.02 Å². The Balaban J connectivity index is 3.14. The third-order valence-electron chi connectivity index (χ3n) is 2.36. The molecule has 1 aromatic carbocycles. The highest BCUT2D eigenvalue weighted by Gasteiger charge is 2.35. The first-order chi connectivity index (χ1) is 9.42. The molecule has 116 valence electrons. The molecule has 0 spiro atoms. The van der Waals surface area contributed by atoms with Crippen molar-refractivity contribution < 1.29 is 32.2 Å². The highest BCUT2D eigenvalue weighted by atomic mass is 35.5. The number of carbonyl (C=O) groups is 2. The van der Waals surface area contributed by atoms with Crippen molar-refractivity contribution in [3.8, 4) is 5.75 Å². The van der Waals surface area contributed by atoms with Gasteiger partial charge in [0.15, 0.2) is 5.60 Å². The van der Waals surface area contributed by atoms with Gasteiger partial charge in [-0.05, 0) is 32.0 Å². The normalized spacial score (nSPS) is 12.0. The standard InChI is InChI=1S/C13H12ClF3O4/c1-7(18)20-12(2,3)11(19)9-6-8(4-5-10(9)14)21-13(15,16)17/h4-6H,1-3H3. The summed E-state index contributed by atoms with van der Waals surface area (Å²) in [5, 5.41) is -0.0743. The molecule has 1 rings (SSSR count). The molecule has 0 saturated carbocycles. The molecule has 0 radical (unpaired) electrons. The second-order valence-corrected chi connectivity index (χ2v) is 5.03. The second kappa shape index (κ2) is 5.93. The highest BCUT2D eigenvalue weighted by molar-refractivity contribution is 6.34. The van der Waals surface area contributed by atoms with Crippen LogP contribution in [0.5, 0.6) is 5.75 Å². The fourth-order valence-electron chi connectivity index (χ4n) is 1.61. The van der Waals surface area contributed by atoms with E-state index in [4.69, 9.17) is 16.3 Å². The molecule has 0 N–H and O–H groups in total. The maximum Gasteiger partial charge on any atom is 0.573 e. The first-order valence-electron chi connectivity index (χ1n) is 5.72. The number of halogens is 4. The van der Waals surface area contributed by atoms with Gasteiger partial charge in [0.25, 0.3) is 0 Å². The van der Waals surface area contributed by atoms with Crippen molar-refractivity contribution in [2.24, 2.45) is 0 Å². The van der Waals surface area contributed by atoms with Crippen LogP contribution in [0.3, 0.4) is 0 Å². The topological polar surface area (TPSA) is 52.6 Å². The van der Waals surface area contributed by atoms with Gasteiger partial charge in [0.1, 0.15) is 5.75 Å². The van der Waals surface area contributed by atoms with E-state index in [1.807, 2.05) is 0 Å². The van der Waals surface area contributed by atoms with Gasteiger partial charge in [0.05, 0.1) is 5.02 Å². The number of benzene rings is 1. The van der Waals surface area contributed by atoms with E-state index in [0.29, 0.717) is 0 Å². The highest BCUT2D eigenvalue weighted by Crippen LogP contribution is 2.30. The van der Waals surface area contributed by atoms with E-state index in [-0.39, 0.29) is 10.6 Å². The quantitative estimate of drug-likeness (QED) is 0.625. The minimum absolute atomic E-state index is 0.0743. The van der Waals surface area contributed by atoms with Crippen molar-refractivity contribution in [3.63, 3.8) is 0 Å². The summed E-state index contributed by atoms with van der Waals surface area (Å²) < 4.78 is 45.1. The molecule has 4 nitrogen and oxygen atoms in total. The molecule has 8 heteroatoms. The van der Waals surface area contributed by atoms with Crippen LogP contribution in [0.4, 0.5) is 13.2 Å². The van der Waals surface area contributed by atoms with Gasteiger partial charge in [-0.2, -0.15) is 0 Å². The summed E-state index contributed by atoms with van der Waals surface area (Å²) >= 11 is 5.81. The summed E-state index contributed by atoms with van der Waals surface area (Å²) in [7, 11) is 0. The fourth-order valence-corrected chi connectivity index (χ4v) is 1.81. The van der Waals surface area contributed by atoms with Crippen LogP contribution in [0.15, 0.2) is 18.2 Å². The average molecular weight is 325 g/mol. The fraction of sp³-hybridized carbons (Fsp3) is 0.385. The largest absolute Gasteiger partial charge is 0.573 e. The minimum Gasteiger partial charge on any atom is -0.451 e. The zero-order valence-electron chi connectivity index (χ0n) is 11.4. The summed E-state index contributed by atoms with van der Waals surface area (Å²) in [6.45, 7) is 3.73. The van der Waals surface area contributed by atoms with Crippen molar-refractivity contribution in [2.45, 2.75) is 32.7 Å². The number of Topliss-reactive ketones (excluding diaryl/α,β-unsaturated/α-hetero) is 1. The lowest BCUT2D eigenvalue weighted by atomic mass is 9.96. The Hall–Kier alpha value is -1.76. The molecule has 0 saturated heterocycles. The first kappa shape index (κ1) is 17.3. The molecule has 1 aromatic rings. The molecule has 0 aliphatic carbocycles. The van der Waals surface area contributed by atoms with Gasteiger partial charge in [-0.25, -0.2) is 0 Å². The third kappa shape index (κ3) is 4.93. The minimum atomic E-state index is -4.89. The molecular weight excluding hydrogens is 313 g/mol. The summed E-state index contributed by atoms with van der Waals surface area (Å²) in [6, 6.07) is 2.93. The van der Waals surface area contributed by atoms with Crippen molar-refractivity contribution in [1.82, 2.24) is 0 Å². The summed E-state index contributed by atoms with van der Waals surface area (Å²) in [5.41, 5.74) is -1.79. The van der Waals surface area contributed by atoms with E-state index in [9.17, 15) is 22.8 Å². The van der Waals surface area contributed by atoms with Crippen LogP contribution in [-0.2, 0) is 9.53 Å². The summed E-state index contributed by atoms with van der Waals surface area (Å²) in [6.07, 6.45) is -4.89. The average Bonchev–Trinajstić information content (AvgIpc) is 2.27. The van der Waals surface area contributed by atoms with Crippen LogP contribution in [0.1, 0.15) is 31.1 Å². The summed E-state index contributed by atoms with van der Waals surface area (Å²) in [4.78, 5) is 23.2. The molecular formula is C13H12ClF3O4. The molecule has 0 amide bonds. The number of esters is 1. The lowest BCUT2D eigenvalue weighted by Crippen LogP contribution is -2.36. The number of hydrogen-bond acceptors (Lipinski definition) is 4. The maximum absolute atomic E-state index is 12.2. The van der Waals surface area contributed by atoms with Gasteiger partial charge in [0.2, 0.25) is 5.78 Å². The predicted octanol–water partition coefficient (Wildman–Crippen LogP) is 3.76. The first-order valence-corrected chi connectivity index (χ1v) is 6.10. The molecule has 0 atom stereocenters. The lowest BCUT2D eigenvalue weighted by Gasteiger charge is -2.23. The van der Waals surface area contributed by atoms with E-state index >= 15 is 0 Å². The number of rotatable bonds is 4. The van der Waals surface area contributed by atoms with Crippen LogP contribution < -0.4 is 4.74 Å². The van der Waals surface area contributed by atoms with Crippen LogP contribution in [0, 0.1) is 0 Å². The van der Waals surface area contributed by atoms with Gasteiger partial charge in [-0.3, -0.25) is 9.59 Å². The third-order valence-corrected chi connectivity index (χ3v) is 2.69. The molecule has 0 aliphatic heterocycles. The maximum atomic E-state index is 12.2. The number of ether oxygens (including phenoxy) is 2. The molecule has 0 unspecified atom stereocenters. The zero-order chi connectivity index (χ0) is 16.4. The zero-order valence-corrected chi connectivity index (χ0v) is 12.1. The predicted molar refractivity (Wildman–Crippen MR) is 68.3 cm³/mol. The van der Waals surface area contributed by atoms with Gasteiger partial charge in [0, 0.05) is 12.5 Å². The number of hydrogen-bond donors (Lipinski definition) is 0. The van der Waals surface area contributed by atoms with Crippen LogP contribution >= 0.6 is 11.6 Å². The Morgan fingerprint density at radius 1 is 1.19 bits per heavy atom. The Kier molecular flexibility index (Phi) is 4.88. The molecule has 21 heavy (non-hydrogen) atoms. The van der Waals surface area contributed by atoms with Gasteiger partial charge in [-0.15, -0.1) is 13.2 Å². The Morgan fingerprint density at radius 2 is 1.76 bits per heavy atom. The number of carbonyl (C=O) groups excluding carboxylic acids is 2. The second-order valence-electron chi connectivity index (χ2n) is 4.62. The van der Waals surface area contributed by atoms with Crippen LogP contribution in [0.25, 0.3) is 0 Å². The Morgan fingerprint density at radius 3 is 2.24 bits per heavy atom. The van der Waals surface area contributed by atoms with Crippen molar-refractivity contribution >= 4 is 23.4 Å². The SMILES string of the molecule is CC(=O)OC(C)(C)C(=O)c1cc(OC(F)(F)F)ccc1Cl. The molecule has 0 heterocycles. The molecule has 0 fully saturated rings. The van der Waals surface area contributed by atoms with E-state index in [1.54, 1.807) is 0 Å². The van der Waals surface area contributed by atoms with E-state index in [2.05, 4.69) is 4.74 Å². The van der Waals surface area contributed by atoms with Crippen molar-refractivity contribution in [2.75, 3.05) is 0 Å². The monoisotopic (exact) mass is 324 g/mol. The summed E-state index contributed by atoms with van der Waals surface area (Å²) in [5.74, 6) is -2.03.